The molecule has 1 atom stereocenters. The van der Waals surface area contributed by atoms with Gasteiger partial charge in [-0.05, 0) is 62.2 Å². The molecule has 1 aliphatic rings. The quantitative estimate of drug-likeness (QED) is 0.808. The molecule has 5 heteroatoms. The Bertz CT molecular complexity index is 450. The van der Waals surface area contributed by atoms with Crippen LogP contribution in [0.15, 0.2) is 29.2 Å². The van der Waals surface area contributed by atoms with Crippen LogP contribution in [-0.4, -0.2) is 25.3 Å². The topological polar surface area (TPSA) is 41.1 Å². The highest BCUT2D eigenvalue weighted by Gasteiger charge is 2.21. The minimum absolute atomic E-state index is 0. The Morgan fingerprint density at radius 3 is 2.81 bits per heavy atom. The number of halogens is 1. The summed E-state index contributed by atoms with van der Waals surface area (Å²) in [6.45, 7) is 4.38. The van der Waals surface area contributed by atoms with Crippen LogP contribution in [0.2, 0.25) is 0 Å². The molecule has 1 aromatic carbocycles. The number of carbonyl (C=O) groups is 1. The first-order valence-corrected chi connectivity index (χ1v) is 8.56. The first-order valence-electron chi connectivity index (χ1n) is 7.33. The lowest BCUT2D eigenvalue weighted by Crippen LogP contribution is -2.32. The minimum atomic E-state index is 0. The molecule has 1 saturated heterocycles. The van der Waals surface area contributed by atoms with Gasteiger partial charge in [0.15, 0.2) is 0 Å². The summed E-state index contributed by atoms with van der Waals surface area (Å²) in [6.07, 6.45) is 5.04. The lowest BCUT2D eigenvalue weighted by molar-refractivity contribution is -0.117. The lowest BCUT2D eigenvalue weighted by atomic mass is 9.84. The summed E-state index contributed by atoms with van der Waals surface area (Å²) in [4.78, 5) is 13.3. The smallest absolute Gasteiger partial charge is 0.224 e. The van der Waals surface area contributed by atoms with E-state index in [1.54, 1.807) is 11.8 Å². The van der Waals surface area contributed by atoms with E-state index < -0.39 is 0 Å². The number of rotatable bonds is 5. The number of piperidine rings is 1. The predicted octanol–water partition coefficient (Wildman–Crippen LogP) is 3.79. The number of nitrogens with one attached hydrogen (secondary N) is 2. The van der Waals surface area contributed by atoms with Gasteiger partial charge in [-0.1, -0.05) is 13.0 Å². The monoisotopic (exact) mass is 328 g/mol. The van der Waals surface area contributed by atoms with E-state index in [1.807, 2.05) is 24.5 Å². The number of amides is 1. The highest BCUT2D eigenvalue weighted by molar-refractivity contribution is 7.98. The highest BCUT2D eigenvalue weighted by Crippen LogP contribution is 2.25. The van der Waals surface area contributed by atoms with Crippen molar-refractivity contribution in [2.75, 3.05) is 24.7 Å². The average molecular weight is 329 g/mol. The summed E-state index contributed by atoms with van der Waals surface area (Å²) in [6, 6.07) is 8.01. The fourth-order valence-corrected chi connectivity index (χ4v) is 3.24. The van der Waals surface area contributed by atoms with E-state index in [4.69, 9.17) is 0 Å². The number of benzene rings is 1. The third-order valence-electron chi connectivity index (χ3n) is 4.05. The fraction of sp³-hybridized carbons (Fsp3) is 0.562. The van der Waals surface area contributed by atoms with Crippen LogP contribution in [0, 0.1) is 11.8 Å². The molecule has 1 aliphatic heterocycles. The largest absolute Gasteiger partial charge is 0.326 e. The van der Waals surface area contributed by atoms with Crippen LogP contribution in [0.25, 0.3) is 0 Å². The van der Waals surface area contributed by atoms with Crippen molar-refractivity contribution in [3.63, 3.8) is 0 Å². The van der Waals surface area contributed by atoms with Gasteiger partial charge in [-0.15, -0.1) is 24.2 Å². The Morgan fingerprint density at radius 2 is 2.14 bits per heavy atom. The molecular formula is C16H25ClN2OS. The van der Waals surface area contributed by atoms with Crippen LogP contribution in [0.1, 0.15) is 26.2 Å². The van der Waals surface area contributed by atoms with E-state index in [-0.39, 0.29) is 18.3 Å². The third-order valence-corrected chi connectivity index (χ3v) is 4.77. The van der Waals surface area contributed by atoms with Crippen LogP contribution in [0.4, 0.5) is 5.69 Å². The van der Waals surface area contributed by atoms with E-state index in [1.165, 1.54) is 17.7 Å². The predicted molar refractivity (Wildman–Crippen MR) is 93.5 cm³/mol. The van der Waals surface area contributed by atoms with E-state index in [0.29, 0.717) is 18.3 Å². The van der Waals surface area contributed by atoms with E-state index in [9.17, 15) is 4.79 Å². The van der Waals surface area contributed by atoms with E-state index in [0.717, 1.165) is 18.8 Å². The standard InChI is InChI=1S/C16H24N2OS.ClH/c1-12(13-6-8-17-9-7-13)10-16(19)18-14-4-3-5-15(11-14)20-2;/h3-5,11-13,17H,6-10H2,1-2H3,(H,18,19);1H. The highest BCUT2D eigenvalue weighted by atomic mass is 35.5. The number of thioether (sulfide) groups is 1. The van der Waals surface area contributed by atoms with Crippen molar-refractivity contribution in [3.05, 3.63) is 24.3 Å². The summed E-state index contributed by atoms with van der Waals surface area (Å²) in [5.74, 6) is 1.27. The van der Waals surface area contributed by atoms with Crippen molar-refractivity contribution < 1.29 is 4.79 Å². The van der Waals surface area contributed by atoms with E-state index in [2.05, 4.69) is 23.6 Å². The molecule has 0 aromatic heterocycles. The van der Waals surface area contributed by atoms with Crippen LogP contribution in [0.5, 0.6) is 0 Å². The Labute approximate surface area is 138 Å². The van der Waals surface area contributed by atoms with Crippen molar-refractivity contribution in [2.24, 2.45) is 11.8 Å². The van der Waals surface area contributed by atoms with Crippen LogP contribution >= 0.6 is 24.2 Å². The molecule has 2 N–H and O–H groups in total. The number of carbonyl (C=O) groups excluding carboxylic acids is 1. The lowest BCUT2D eigenvalue weighted by Gasteiger charge is -2.27. The normalized spacial score (nSPS) is 16.9. The molecule has 0 bridgehead atoms. The second-order valence-electron chi connectivity index (χ2n) is 5.55. The van der Waals surface area contributed by atoms with Crippen LogP contribution in [0.3, 0.4) is 0 Å². The molecule has 1 unspecified atom stereocenters. The zero-order valence-electron chi connectivity index (χ0n) is 12.7. The van der Waals surface area contributed by atoms with Gasteiger partial charge in [0, 0.05) is 17.0 Å². The molecule has 0 saturated carbocycles. The van der Waals surface area contributed by atoms with Crippen molar-refractivity contribution in [1.82, 2.24) is 5.32 Å². The van der Waals surface area contributed by atoms with E-state index >= 15 is 0 Å². The maximum absolute atomic E-state index is 12.1. The molecule has 1 heterocycles. The summed E-state index contributed by atoms with van der Waals surface area (Å²) >= 11 is 1.69. The maximum Gasteiger partial charge on any atom is 0.224 e. The second kappa shape index (κ2) is 9.34. The molecule has 118 valence electrons. The summed E-state index contributed by atoms with van der Waals surface area (Å²) in [5, 5.41) is 6.39. The van der Waals surface area contributed by atoms with Gasteiger partial charge in [0.25, 0.3) is 0 Å². The first-order chi connectivity index (χ1) is 9.69. The molecule has 3 nitrogen and oxygen atoms in total. The summed E-state index contributed by atoms with van der Waals surface area (Å²) < 4.78 is 0. The zero-order chi connectivity index (χ0) is 14.4. The summed E-state index contributed by atoms with van der Waals surface area (Å²) in [7, 11) is 0. The van der Waals surface area contributed by atoms with Gasteiger partial charge in [-0.2, -0.15) is 0 Å². The molecule has 1 aromatic rings. The zero-order valence-corrected chi connectivity index (χ0v) is 14.4. The van der Waals surface area contributed by atoms with Crippen molar-refractivity contribution in [3.8, 4) is 0 Å². The van der Waals surface area contributed by atoms with Crippen molar-refractivity contribution in [1.29, 1.82) is 0 Å². The Kier molecular flexibility index (Phi) is 8.15. The molecule has 1 fully saturated rings. The minimum Gasteiger partial charge on any atom is -0.326 e. The number of anilines is 1. The average Bonchev–Trinajstić information content (AvgIpc) is 2.48. The van der Waals surface area contributed by atoms with Gasteiger partial charge in [0.05, 0.1) is 0 Å². The van der Waals surface area contributed by atoms with Crippen LogP contribution in [-0.2, 0) is 4.79 Å². The SMILES string of the molecule is CSc1cccc(NC(=O)CC(C)C2CCNCC2)c1.Cl. The van der Waals surface area contributed by atoms with Gasteiger partial charge >= 0.3 is 0 Å². The van der Waals surface area contributed by atoms with Gasteiger partial charge in [-0.3, -0.25) is 4.79 Å². The van der Waals surface area contributed by atoms with Crippen molar-refractivity contribution in [2.45, 2.75) is 31.1 Å². The first kappa shape index (κ1) is 18.3. The van der Waals surface area contributed by atoms with Gasteiger partial charge in [-0.25, -0.2) is 0 Å². The fourth-order valence-electron chi connectivity index (χ4n) is 2.79. The van der Waals surface area contributed by atoms with Gasteiger partial charge < -0.3 is 10.6 Å². The van der Waals surface area contributed by atoms with Crippen molar-refractivity contribution >= 4 is 35.8 Å². The third kappa shape index (κ3) is 5.89. The number of hydrogen-bond donors (Lipinski definition) is 2. The second-order valence-corrected chi connectivity index (χ2v) is 6.43. The molecule has 0 radical (unpaired) electrons. The molecule has 21 heavy (non-hydrogen) atoms. The molecule has 0 spiro atoms. The molecular weight excluding hydrogens is 304 g/mol. The number of hydrogen-bond acceptors (Lipinski definition) is 3. The molecule has 1 amide bonds. The summed E-state index contributed by atoms with van der Waals surface area (Å²) in [5.41, 5.74) is 0.902. The Balaban J connectivity index is 0.00000220. The van der Waals surface area contributed by atoms with Gasteiger partial charge in [0.1, 0.15) is 0 Å². The molecule has 0 aliphatic carbocycles. The van der Waals surface area contributed by atoms with Gasteiger partial charge in [0.2, 0.25) is 5.91 Å². The Hall–Kier alpha value is -0.710. The Morgan fingerprint density at radius 1 is 1.43 bits per heavy atom. The maximum atomic E-state index is 12.1. The molecule has 2 rings (SSSR count). The van der Waals surface area contributed by atoms with Crippen LogP contribution < -0.4 is 10.6 Å².